The minimum absolute atomic E-state index is 0.162. The summed E-state index contributed by atoms with van der Waals surface area (Å²) in [5.74, 6) is 1.06. The third-order valence-corrected chi connectivity index (χ3v) is 12.4. The molecule has 7 heterocycles. The van der Waals surface area contributed by atoms with Gasteiger partial charge in [-0.05, 0) is 112 Å². The summed E-state index contributed by atoms with van der Waals surface area (Å²) >= 11 is 0. The number of piperidine rings is 2. The zero-order chi connectivity index (χ0) is 38.5. The molecule has 4 N–H and O–H groups in total. The van der Waals surface area contributed by atoms with Gasteiger partial charge in [-0.2, -0.15) is 0 Å². The number of piperazine rings is 1. The van der Waals surface area contributed by atoms with E-state index in [0.717, 1.165) is 99.5 Å². The number of anilines is 3. The quantitative estimate of drug-likeness (QED) is 0.187. The monoisotopic (exact) mass is 757 g/mol. The van der Waals surface area contributed by atoms with Crippen molar-refractivity contribution in [1.82, 2.24) is 39.5 Å². The zero-order valence-electron chi connectivity index (χ0n) is 31.5. The lowest BCUT2D eigenvalue weighted by molar-refractivity contribution is -0.135. The van der Waals surface area contributed by atoms with Crippen molar-refractivity contribution in [2.45, 2.75) is 75.4 Å². The van der Waals surface area contributed by atoms with Gasteiger partial charge in [0.05, 0.1) is 22.4 Å². The largest absolute Gasteiger partial charge is 0.507 e. The van der Waals surface area contributed by atoms with E-state index in [0.29, 0.717) is 29.4 Å². The molecule has 2 amide bonds. The Morgan fingerprint density at radius 2 is 1.64 bits per heavy atom. The first-order chi connectivity index (χ1) is 27.2. The van der Waals surface area contributed by atoms with Crippen LogP contribution in [0.15, 0.2) is 65.7 Å². The topological polar surface area (TPSA) is 181 Å². The summed E-state index contributed by atoms with van der Waals surface area (Å²) in [5.41, 5.74) is 12.0. The van der Waals surface area contributed by atoms with Gasteiger partial charge in [0.1, 0.15) is 11.8 Å². The van der Waals surface area contributed by atoms with Crippen LogP contribution < -0.4 is 26.5 Å². The molecule has 4 fully saturated rings. The van der Waals surface area contributed by atoms with Gasteiger partial charge in [-0.3, -0.25) is 24.0 Å². The highest BCUT2D eigenvalue weighted by molar-refractivity contribution is 6.00. The zero-order valence-corrected chi connectivity index (χ0v) is 31.5. The standard InChI is InChI=1S/C41H47N11O4/c1-48-34-19-25(8-11-32(34)52(41(48)56)33-12-13-37(54)45-39(33)55)5-4-16-49-17-14-26(15-18-49)27-21-43-40(44-22-27)51-28-9-10-29(51)24-50(23-28)35-20-31(46-47-38(35)42)30-6-2-3-7-36(30)53/h2-3,6-8,11,19-22,26,28-29,33,53H,4-5,9-10,12-18,23-24H2,1H3,(H2,42,47)(H,45,54,55). The molecule has 0 radical (unpaired) electrons. The molecule has 15 heteroatoms. The van der Waals surface area contributed by atoms with Gasteiger partial charge in [-0.25, -0.2) is 14.8 Å². The highest BCUT2D eigenvalue weighted by Crippen LogP contribution is 2.38. The molecule has 2 bridgehead atoms. The smallest absolute Gasteiger partial charge is 0.329 e. The number of para-hydroxylation sites is 1. The Bertz CT molecular complexity index is 2340. The summed E-state index contributed by atoms with van der Waals surface area (Å²) < 4.78 is 3.13. The normalized spacial score (nSPS) is 21.9. The van der Waals surface area contributed by atoms with Crippen molar-refractivity contribution >= 4 is 40.3 Å². The summed E-state index contributed by atoms with van der Waals surface area (Å²) in [7, 11) is 1.74. The van der Waals surface area contributed by atoms with Gasteiger partial charge in [0.15, 0.2) is 5.82 Å². The number of hydrogen-bond acceptors (Lipinski definition) is 12. The number of rotatable bonds is 9. The number of aromatic hydroxyl groups is 1. The molecule has 15 nitrogen and oxygen atoms in total. The van der Waals surface area contributed by atoms with Crippen molar-refractivity contribution in [3.8, 4) is 17.0 Å². The molecule has 4 saturated heterocycles. The Balaban J connectivity index is 0.777. The maximum atomic E-state index is 13.1. The number of aromatic nitrogens is 6. The van der Waals surface area contributed by atoms with Crippen LogP contribution in [0.4, 0.5) is 17.5 Å². The lowest BCUT2D eigenvalue weighted by Gasteiger charge is -2.42. The third-order valence-electron chi connectivity index (χ3n) is 12.4. The molecular formula is C41H47N11O4. The fraction of sp³-hybridized carbons (Fsp3) is 0.439. The number of nitrogen functional groups attached to an aromatic ring is 1. The number of nitrogens with one attached hydrogen (secondary N) is 1. The number of nitrogens with two attached hydrogens (primary N) is 1. The number of fused-ring (bicyclic) bond motifs is 3. The molecule has 3 aromatic heterocycles. The number of phenols is 1. The highest BCUT2D eigenvalue weighted by atomic mass is 16.3. The molecule has 4 aliphatic heterocycles. The van der Waals surface area contributed by atoms with Crippen LogP contribution >= 0.6 is 0 Å². The van der Waals surface area contributed by atoms with E-state index in [9.17, 15) is 19.5 Å². The molecule has 0 aliphatic carbocycles. The highest BCUT2D eigenvalue weighted by Gasteiger charge is 2.42. The Kier molecular flexibility index (Phi) is 9.39. The Morgan fingerprint density at radius 1 is 0.893 bits per heavy atom. The van der Waals surface area contributed by atoms with Gasteiger partial charge in [0, 0.05) is 56.6 Å². The van der Waals surface area contributed by atoms with Gasteiger partial charge in [-0.15, -0.1) is 10.2 Å². The van der Waals surface area contributed by atoms with E-state index in [-0.39, 0.29) is 35.9 Å². The second-order valence-corrected chi connectivity index (χ2v) is 15.8. The first-order valence-electron chi connectivity index (χ1n) is 19.7. The fourth-order valence-electron chi connectivity index (χ4n) is 9.36. The number of amides is 2. The predicted octanol–water partition coefficient (Wildman–Crippen LogP) is 3.52. The van der Waals surface area contributed by atoms with E-state index in [1.54, 1.807) is 23.7 Å². The van der Waals surface area contributed by atoms with Crippen LogP contribution in [0.1, 0.15) is 68.0 Å². The van der Waals surface area contributed by atoms with E-state index in [1.165, 1.54) is 10.1 Å². The van der Waals surface area contributed by atoms with E-state index in [2.05, 4.69) is 42.3 Å². The van der Waals surface area contributed by atoms with Crippen molar-refractivity contribution in [3.63, 3.8) is 0 Å². The number of likely N-dealkylation sites (tertiary alicyclic amines) is 1. The minimum atomic E-state index is -0.677. The van der Waals surface area contributed by atoms with Crippen LogP contribution in [0, 0.1) is 0 Å². The number of imidazole rings is 1. The molecule has 56 heavy (non-hydrogen) atoms. The second kappa shape index (κ2) is 14.7. The molecule has 0 saturated carbocycles. The van der Waals surface area contributed by atoms with Crippen molar-refractivity contribution < 1.29 is 14.7 Å². The second-order valence-electron chi connectivity index (χ2n) is 15.8. The predicted molar refractivity (Wildman–Crippen MR) is 212 cm³/mol. The SMILES string of the molecule is Cn1c(=O)n(C2CCC(=O)NC2=O)c2ccc(CCCN3CCC(c4cnc(N5C6CCC5CN(c5cc(-c7ccccc7O)nnc5N)C6)nc4)CC3)cc21. The van der Waals surface area contributed by atoms with Gasteiger partial charge >= 0.3 is 5.69 Å². The van der Waals surface area contributed by atoms with E-state index in [1.807, 2.05) is 36.7 Å². The van der Waals surface area contributed by atoms with Crippen molar-refractivity contribution in [2.75, 3.05) is 48.3 Å². The average molecular weight is 758 g/mol. The van der Waals surface area contributed by atoms with Gasteiger partial charge in [0.2, 0.25) is 17.8 Å². The number of carbonyl (C=O) groups is 2. The lowest BCUT2D eigenvalue weighted by atomic mass is 9.91. The van der Waals surface area contributed by atoms with Crippen LogP contribution in [0.3, 0.4) is 0 Å². The first-order valence-corrected chi connectivity index (χ1v) is 19.7. The summed E-state index contributed by atoms with van der Waals surface area (Å²) in [5, 5.41) is 21.3. The summed E-state index contributed by atoms with van der Waals surface area (Å²) in [4.78, 5) is 54.4. The molecule has 0 spiro atoms. The summed E-state index contributed by atoms with van der Waals surface area (Å²) in [6, 6.07) is 15.0. The number of hydrogen-bond donors (Lipinski definition) is 3. The number of phenolic OH excluding ortho intramolecular Hbond substituents is 1. The van der Waals surface area contributed by atoms with Crippen molar-refractivity contribution in [1.29, 1.82) is 0 Å². The summed E-state index contributed by atoms with van der Waals surface area (Å²) in [6.07, 6.45) is 10.8. The van der Waals surface area contributed by atoms with Gasteiger partial charge < -0.3 is 25.5 Å². The first kappa shape index (κ1) is 35.8. The van der Waals surface area contributed by atoms with E-state index >= 15 is 0 Å². The van der Waals surface area contributed by atoms with E-state index < -0.39 is 11.9 Å². The number of carbonyl (C=O) groups excluding carboxylic acids is 2. The average Bonchev–Trinajstić information content (AvgIpc) is 3.61. The maximum Gasteiger partial charge on any atom is 0.329 e. The van der Waals surface area contributed by atoms with E-state index in [4.69, 9.17) is 15.7 Å². The van der Waals surface area contributed by atoms with Gasteiger partial charge in [-0.1, -0.05) is 18.2 Å². The Labute approximate surface area is 324 Å². The minimum Gasteiger partial charge on any atom is -0.507 e. The molecule has 3 atom stereocenters. The molecule has 2 aromatic carbocycles. The molecular weight excluding hydrogens is 711 g/mol. The molecule has 3 unspecified atom stereocenters. The van der Waals surface area contributed by atoms with Crippen molar-refractivity contribution in [3.05, 3.63) is 82.5 Å². The number of benzene rings is 2. The lowest BCUT2D eigenvalue weighted by Crippen LogP contribution is -2.54. The van der Waals surface area contributed by atoms with Crippen LogP contribution in [0.5, 0.6) is 5.75 Å². The molecule has 290 valence electrons. The molecule has 4 aliphatic rings. The number of imide groups is 1. The third kappa shape index (κ3) is 6.63. The van der Waals surface area contributed by atoms with Gasteiger partial charge in [0.25, 0.3) is 0 Å². The Morgan fingerprint density at radius 3 is 2.38 bits per heavy atom. The molecule has 5 aromatic rings. The fourth-order valence-corrected chi connectivity index (χ4v) is 9.36. The van der Waals surface area contributed by atoms with Crippen LogP contribution in [-0.4, -0.2) is 95.9 Å². The van der Waals surface area contributed by atoms with Crippen LogP contribution in [0.2, 0.25) is 0 Å². The maximum absolute atomic E-state index is 13.1. The number of nitrogens with zero attached hydrogens (tertiary/aromatic N) is 9. The molecule has 9 rings (SSSR count). The summed E-state index contributed by atoms with van der Waals surface area (Å²) in [6.45, 7) is 4.62. The number of aryl methyl sites for hydroxylation is 2. The van der Waals surface area contributed by atoms with Crippen molar-refractivity contribution in [2.24, 2.45) is 7.05 Å². The Hall–Kier alpha value is -5.83. The van der Waals surface area contributed by atoms with Crippen LogP contribution in [-0.2, 0) is 23.1 Å². The van der Waals surface area contributed by atoms with Crippen LogP contribution in [0.25, 0.3) is 22.3 Å².